The number of rotatable bonds is 4. The van der Waals surface area contributed by atoms with Gasteiger partial charge in [-0.1, -0.05) is 11.2 Å². The van der Waals surface area contributed by atoms with Crippen molar-refractivity contribution in [2.75, 3.05) is 13.1 Å². The van der Waals surface area contributed by atoms with Crippen LogP contribution in [0.3, 0.4) is 0 Å². The van der Waals surface area contributed by atoms with Crippen molar-refractivity contribution in [1.29, 1.82) is 0 Å². The van der Waals surface area contributed by atoms with Crippen LogP contribution in [0.2, 0.25) is 0 Å². The number of hydrogen-bond donors (Lipinski definition) is 2. The summed E-state index contributed by atoms with van der Waals surface area (Å²) in [4.78, 5) is 42.7. The summed E-state index contributed by atoms with van der Waals surface area (Å²) in [6, 6.07) is 6.82. The van der Waals surface area contributed by atoms with Gasteiger partial charge in [0.25, 0.3) is 17.7 Å². The number of amides is 3. The average Bonchev–Trinajstić information content (AvgIpc) is 3.25. The molecule has 0 radical (unpaired) electrons. The van der Waals surface area contributed by atoms with E-state index in [0.29, 0.717) is 12.2 Å². The van der Waals surface area contributed by atoms with Crippen molar-refractivity contribution in [2.24, 2.45) is 5.73 Å². The zero-order chi connectivity index (χ0) is 23.5. The van der Waals surface area contributed by atoms with Gasteiger partial charge in [0, 0.05) is 36.8 Å². The first-order chi connectivity index (χ1) is 15.8. The van der Waals surface area contributed by atoms with Crippen molar-refractivity contribution >= 4 is 17.7 Å². The van der Waals surface area contributed by atoms with Crippen LogP contribution in [-0.4, -0.2) is 64.0 Å². The van der Waals surface area contributed by atoms with E-state index < -0.39 is 29.7 Å². The fourth-order valence-corrected chi connectivity index (χ4v) is 4.47. The van der Waals surface area contributed by atoms with Crippen LogP contribution in [0.1, 0.15) is 58.7 Å². The van der Waals surface area contributed by atoms with E-state index in [0.717, 1.165) is 31.7 Å². The lowest BCUT2D eigenvalue weighted by atomic mass is 9.91. The normalized spacial score (nSPS) is 23.3. The predicted molar refractivity (Wildman–Crippen MR) is 116 cm³/mol. The van der Waals surface area contributed by atoms with Gasteiger partial charge < -0.3 is 25.4 Å². The molecule has 3 N–H and O–H groups in total. The lowest BCUT2D eigenvalue weighted by molar-refractivity contribution is -0.133. The first-order valence-corrected chi connectivity index (χ1v) is 11.2. The summed E-state index contributed by atoms with van der Waals surface area (Å²) in [6.07, 6.45) is 2.33. The molecule has 1 saturated heterocycles. The number of carbonyl (C=O) groups is 3. The summed E-state index contributed by atoms with van der Waals surface area (Å²) in [5.74, 6) is -1.57. The van der Waals surface area contributed by atoms with Crippen molar-refractivity contribution in [3.63, 3.8) is 0 Å². The third-order valence-electron chi connectivity index (χ3n) is 6.18. The monoisotopic (exact) mass is 457 g/mol. The largest absolute Gasteiger partial charge is 0.361 e. The smallest absolute Gasteiger partial charge is 0.278 e. The van der Waals surface area contributed by atoms with Crippen LogP contribution < -0.4 is 11.1 Å². The molecule has 1 atom stereocenters. The Hall–Kier alpha value is -3.27. The van der Waals surface area contributed by atoms with Crippen molar-refractivity contribution in [3.05, 3.63) is 53.2 Å². The summed E-state index contributed by atoms with van der Waals surface area (Å²) in [5, 5.41) is 6.78. The number of halogens is 1. The van der Waals surface area contributed by atoms with Crippen molar-refractivity contribution in [2.45, 2.75) is 57.3 Å². The number of nitrogens with zero attached hydrogens (tertiary/aromatic N) is 3. The molecular weight excluding hydrogens is 429 g/mol. The molecule has 2 aliphatic rings. The van der Waals surface area contributed by atoms with E-state index in [1.165, 1.54) is 34.1 Å². The molecule has 9 nitrogen and oxygen atoms in total. The fourth-order valence-electron chi connectivity index (χ4n) is 4.47. The molecule has 1 aromatic heterocycles. The number of nitrogens with one attached hydrogen (secondary N) is 1. The number of hydrogen-bond acceptors (Lipinski definition) is 6. The minimum absolute atomic E-state index is 0.0639. The lowest BCUT2D eigenvalue weighted by Gasteiger charge is -2.43. The van der Waals surface area contributed by atoms with Crippen LogP contribution in [0.25, 0.3) is 0 Å². The first-order valence-electron chi connectivity index (χ1n) is 11.2. The number of benzene rings is 1. The quantitative estimate of drug-likeness (QED) is 0.722. The Bertz CT molecular complexity index is 1030. The SMILES string of the molecule is Cc1cc(C(=O)N2CCCN(C(=O)c3cccc(F)c3)C2C(=O)NC2CCC(N)CC2)no1. The second-order valence-electron chi connectivity index (χ2n) is 8.68. The Balaban J connectivity index is 1.63. The molecule has 3 amide bonds. The molecule has 10 heteroatoms. The van der Waals surface area contributed by atoms with Gasteiger partial charge >= 0.3 is 0 Å². The molecule has 176 valence electrons. The minimum atomic E-state index is -1.19. The van der Waals surface area contributed by atoms with Crippen LogP contribution in [0, 0.1) is 12.7 Å². The Morgan fingerprint density at radius 3 is 2.42 bits per heavy atom. The molecule has 2 aromatic rings. The van der Waals surface area contributed by atoms with Gasteiger partial charge in [0.05, 0.1) is 0 Å². The lowest BCUT2D eigenvalue weighted by Crippen LogP contribution is -2.64. The molecule has 1 aliphatic heterocycles. The van der Waals surface area contributed by atoms with E-state index in [1.54, 1.807) is 6.92 Å². The number of carbonyl (C=O) groups excluding carboxylic acids is 3. The fraction of sp³-hybridized carbons (Fsp3) is 0.478. The maximum atomic E-state index is 13.8. The van der Waals surface area contributed by atoms with Gasteiger partial charge in [-0.05, 0) is 57.2 Å². The number of aryl methyl sites for hydroxylation is 1. The highest BCUT2D eigenvalue weighted by Crippen LogP contribution is 2.23. The molecule has 2 heterocycles. The molecule has 1 aliphatic carbocycles. The molecule has 1 unspecified atom stereocenters. The average molecular weight is 458 g/mol. The molecule has 0 spiro atoms. The van der Waals surface area contributed by atoms with Crippen LogP contribution in [-0.2, 0) is 4.79 Å². The van der Waals surface area contributed by atoms with E-state index >= 15 is 0 Å². The van der Waals surface area contributed by atoms with Gasteiger partial charge in [-0.15, -0.1) is 0 Å². The maximum Gasteiger partial charge on any atom is 0.278 e. The minimum Gasteiger partial charge on any atom is -0.361 e. The van der Waals surface area contributed by atoms with E-state index in [2.05, 4.69) is 10.5 Å². The topological polar surface area (TPSA) is 122 Å². The van der Waals surface area contributed by atoms with Crippen molar-refractivity contribution in [1.82, 2.24) is 20.3 Å². The van der Waals surface area contributed by atoms with Gasteiger partial charge in [-0.25, -0.2) is 4.39 Å². The molecule has 1 aromatic carbocycles. The molecule has 0 bridgehead atoms. The van der Waals surface area contributed by atoms with Crippen LogP contribution in [0.4, 0.5) is 4.39 Å². The van der Waals surface area contributed by atoms with E-state index in [1.807, 2.05) is 0 Å². The maximum absolute atomic E-state index is 13.8. The Labute approximate surface area is 191 Å². The summed E-state index contributed by atoms with van der Waals surface area (Å²) >= 11 is 0. The Morgan fingerprint density at radius 1 is 1.09 bits per heavy atom. The highest BCUT2D eigenvalue weighted by Gasteiger charge is 2.42. The Morgan fingerprint density at radius 2 is 1.79 bits per heavy atom. The summed E-state index contributed by atoms with van der Waals surface area (Å²) in [6.45, 7) is 2.19. The number of nitrogens with two attached hydrogens (primary N) is 1. The van der Waals surface area contributed by atoms with Gasteiger partial charge in [-0.3, -0.25) is 14.4 Å². The highest BCUT2D eigenvalue weighted by molar-refractivity contribution is 6.01. The third kappa shape index (κ3) is 5.05. The summed E-state index contributed by atoms with van der Waals surface area (Å²) in [5.41, 5.74) is 6.15. The standard InChI is InChI=1S/C23H28FN5O4/c1-14-12-19(27-33-14)23(32)29-11-3-10-28(22(31)15-4-2-5-16(24)13-15)21(29)20(30)26-18-8-6-17(25)7-9-18/h2,4-5,12-13,17-18,21H,3,6-11,25H2,1H3,(H,26,30). The van der Waals surface area contributed by atoms with Crippen molar-refractivity contribution in [3.8, 4) is 0 Å². The molecule has 1 saturated carbocycles. The van der Waals surface area contributed by atoms with Crippen LogP contribution in [0.15, 0.2) is 34.9 Å². The first kappa shape index (κ1) is 22.9. The van der Waals surface area contributed by atoms with Gasteiger partial charge in [-0.2, -0.15) is 0 Å². The zero-order valence-corrected chi connectivity index (χ0v) is 18.5. The van der Waals surface area contributed by atoms with Crippen LogP contribution in [0.5, 0.6) is 0 Å². The van der Waals surface area contributed by atoms with E-state index in [-0.39, 0.29) is 36.4 Å². The second-order valence-corrected chi connectivity index (χ2v) is 8.68. The number of aromatic nitrogens is 1. The van der Waals surface area contributed by atoms with E-state index in [4.69, 9.17) is 10.3 Å². The molecule has 2 fully saturated rings. The van der Waals surface area contributed by atoms with Crippen LogP contribution >= 0.6 is 0 Å². The second kappa shape index (κ2) is 9.70. The van der Waals surface area contributed by atoms with Gasteiger partial charge in [0.1, 0.15) is 11.6 Å². The van der Waals surface area contributed by atoms with Crippen molar-refractivity contribution < 1.29 is 23.3 Å². The highest BCUT2D eigenvalue weighted by atomic mass is 19.1. The third-order valence-corrected chi connectivity index (χ3v) is 6.18. The molecular formula is C23H28FN5O4. The van der Waals surface area contributed by atoms with Gasteiger partial charge in [0.15, 0.2) is 11.9 Å². The summed E-state index contributed by atoms with van der Waals surface area (Å²) in [7, 11) is 0. The molecule has 4 rings (SSSR count). The Kier molecular flexibility index (Phi) is 6.73. The summed E-state index contributed by atoms with van der Waals surface area (Å²) < 4.78 is 18.8. The predicted octanol–water partition coefficient (Wildman–Crippen LogP) is 1.82. The van der Waals surface area contributed by atoms with E-state index in [9.17, 15) is 18.8 Å². The van der Waals surface area contributed by atoms with Gasteiger partial charge in [0.2, 0.25) is 0 Å². The zero-order valence-electron chi connectivity index (χ0n) is 18.5. The molecule has 33 heavy (non-hydrogen) atoms.